The molecule has 0 aliphatic heterocycles. The molecular formula is C25H26FN3O3S. The Morgan fingerprint density at radius 3 is 2.24 bits per heavy atom. The Morgan fingerprint density at radius 2 is 1.64 bits per heavy atom. The zero-order valence-corrected chi connectivity index (χ0v) is 19.2. The minimum atomic E-state index is -0.657. The van der Waals surface area contributed by atoms with Crippen LogP contribution in [0.15, 0.2) is 60.0 Å². The lowest BCUT2D eigenvalue weighted by Gasteiger charge is -2.15. The summed E-state index contributed by atoms with van der Waals surface area (Å²) in [5.41, 5.74) is 8.15. The van der Waals surface area contributed by atoms with Crippen LogP contribution in [-0.4, -0.2) is 24.3 Å². The molecule has 0 aliphatic carbocycles. The first-order chi connectivity index (χ1) is 15.7. The van der Waals surface area contributed by atoms with Crippen molar-refractivity contribution in [3.8, 4) is 0 Å². The highest BCUT2D eigenvalue weighted by Crippen LogP contribution is 2.24. The highest BCUT2D eigenvalue weighted by molar-refractivity contribution is 7.14. The summed E-state index contributed by atoms with van der Waals surface area (Å²) < 4.78 is 13.1. The Hall–Kier alpha value is -3.52. The molecule has 1 heterocycles. The second-order valence-electron chi connectivity index (χ2n) is 8.03. The monoisotopic (exact) mass is 467 g/mol. The molecule has 1 atom stereocenters. The molecule has 0 saturated carbocycles. The Kier molecular flexibility index (Phi) is 7.95. The minimum Gasteiger partial charge on any atom is -0.369 e. The summed E-state index contributed by atoms with van der Waals surface area (Å²) in [6.45, 7) is 4.17. The molecule has 2 aromatic carbocycles. The number of thiophene rings is 1. The molecule has 0 fully saturated rings. The number of hydrogen-bond acceptors (Lipinski definition) is 4. The molecule has 0 spiro atoms. The zero-order valence-electron chi connectivity index (χ0n) is 18.4. The van der Waals surface area contributed by atoms with Crippen LogP contribution >= 0.6 is 11.3 Å². The van der Waals surface area contributed by atoms with Crippen LogP contribution in [0.25, 0.3) is 0 Å². The largest absolute Gasteiger partial charge is 0.369 e. The maximum Gasteiger partial charge on any atom is 0.256 e. The molecule has 6 nitrogen and oxygen atoms in total. The molecule has 4 N–H and O–H groups in total. The molecule has 0 radical (unpaired) electrons. The molecule has 8 heteroatoms. The zero-order chi connectivity index (χ0) is 24.0. The SMILES string of the molecule is CC(C)c1ccc(C(=O)Nc2sccc2C(=O)NCC(Cc2ccc(F)cc2)C(N)=O)cc1. The molecule has 172 valence electrons. The van der Waals surface area contributed by atoms with Crippen LogP contribution < -0.4 is 16.4 Å². The molecule has 3 rings (SSSR count). The highest BCUT2D eigenvalue weighted by atomic mass is 32.1. The maximum atomic E-state index is 13.1. The van der Waals surface area contributed by atoms with Crippen LogP contribution in [0.3, 0.4) is 0 Å². The fourth-order valence-corrected chi connectivity index (χ4v) is 4.05. The van der Waals surface area contributed by atoms with Gasteiger partial charge in [0, 0.05) is 12.1 Å². The van der Waals surface area contributed by atoms with Crippen molar-refractivity contribution in [1.29, 1.82) is 0 Å². The van der Waals surface area contributed by atoms with E-state index in [-0.39, 0.29) is 24.7 Å². The number of amides is 3. The van der Waals surface area contributed by atoms with Crippen molar-refractivity contribution in [2.75, 3.05) is 11.9 Å². The molecule has 1 aromatic heterocycles. The van der Waals surface area contributed by atoms with Crippen LogP contribution in [0.2, 0.25) is 0 Å². The lowest BCUT2D eigenvalue weighted by Crippen LogP contribution is -2.37. The van der Waals surface area contributed by atoms with Crippen molar-refractivity contribution in [2.45, 2.75) is 26.2 Å². The summed E-state index contributed by atoms with van der Waals surface area (Å²) in [5, 5.41) is 7.62. The van der Waals surface area contributed by atoms with Crippen LogP contribution in [0.5, 0.6) is 0 Å². The van der Waals surface area contributed by atoms with E-state index in [2.05, 4.69) is 24.5 Å². The molecule has 0 aliphatic rings. The quantitative estimate of drug-likeness (QED) is 0.436. The van der Waals surface area contributed by atoms with E-state index in [9.17, 15) is 18.8 Å². The molecule has 33 heavy (non-hydrogen) atoms. The van der Waals surface area contributed by atoms with Gasteiger partial charge in [0.1, 0.15) is 10.8 Å². The lowest BCUT2D eigenvalue weighted by molar-refractivity contribution is -0.121. The summed E-state index contributed by atoms with van der Waals surface area (Å²) >= 11 is 1.23. The molecule has 0 saturated heterocycles. The van der Waals surface area contributed by atoms with Gasteiger partial charge in [-0.05, 0) is 59.2 Å². The first-order valence-corrected chi connectivity index (χ1v) is 11.4. The van der Waals surface area contributed by atoms with Crippen molar-refractivity contribution in [2.24, 2.45) is 11.7 Å². The molecule has 1 unspecified atom stereocenters. The number of hydrogen-bond donors (Lipinski definition) is 3. The van der Waals surface area contributed by atoms with Gasteiger partial charge < -0.3 is 16.4 Å². The number of carbonyl (C=O) groups excluding carboxylic acids is 3. The normalized spacial score (nSPS) is 11.8. The predicted octanol–water partition coefficient (Wildman–Crippen LogP) is 4.34. The fourth-order valence-electron chi connectivity index (χ4n) is 3.27. The lowest BCUT2D eigenvalue weighted by atomic mass is 9.98. The van der Waals surface area contributed by atoms with Crippen LogP contribution in [0.1, 0.15) is 51.6 Å². The Bertz CT molecular complexity index is 1120. The van der Waals surface area contributed by atoms with Gasteiger partial charge in [-0.15, -0.1) is 11.3 Å². The number of primary amides is 1. The summed E-state index contributed by atoms with van der Waals surface area (Å²) in [6, 6.07) is 14.7. The summed E-state index contributed by atoms with van der Waals surface area (Å²) in [6.07, 6.45) is 0.273. The summed E-state index contributed by atoms with van der Waals surface area (Å²) in [4.78, 5) is 37.2. The van der Waals surface area contributed by atoms with E-state index in [1.54, 1.807) is 35.7 Å². The number of carbonyl (C=O) groups is 3. The Labute approximate surface area is 196 Å². The number of benzene rings is 2. The smallest absolute Gasteiger partial charge is 0.256 e. The van der Waals surface area contributed by atoms with Crippen molar-refractivity contribution in [3.63, 3.8) is 0 Å². The maximum absolute atomic E-state index is 13.1. The number of rotatable bonds is 9. The fraction of sp³-hybridized carbons (Fsp3) is 0.240. The van der Waals surface area contributed by atoms with Crippen molar-refractivity contribution in [1.82, 2.24) is 5.32 Å². The van der Waals surface area contributed by atoms with Gasteiger partial charge >= 0.3 is 0 Å². The predicted molar refractivity (Wildman–Crippen MR) is 128 cm³/mol. The molecule has 0 bridgehead atoms. The second kappa shape index (κ2) is 10.9. The van der Waals surface area contributed by atoms with E-state index in [1.807, 2.05) is 12.1 Å². The number of anilines is 1. The van der Waals surface area contributed by atoms with Crippen molar-refractivity contribution >= 4 is 34.1 Å². The first-order valence-electron chi connectivity index (χ1n) is 10.6. The van der Waals surface area contributed by atoms with E-state index in [0.29, 0.717) is 22.0 Å². The number of halogens is 1. The van der Waals surface area contributed by atoms with Gasteiger partial charge in [-0.1, -0.05) is 38.1 Å². The first kappa shape index (κ1) is 24.1. The number of nitrogens with one attached hydrogen (secondary N) is 2. The second-order valence-corrected chi connectivity index (χ2v) is 8.95. The van der Waals surface area contributed by atoms with Crippen LogP contribution in [-0.2, 0) is 11.2 Å². The minimum absolute atomic E-state index is 0.0193. The van der Waals surface area contributed by atoms with E-state index in [4.69, 9.17) is 5.73 Å². The third-order valence-corrected chi connectivity index (χ3v) is 6.11. The Morgan fingerprint density at radius 1 is 0.970 bits per heavy atom. The van der Waals surface area contributed by atoms with Gasteiger partial charge in [0.15, 0.2) is 0 Å². The van der Waals surface area contributed by atoms with E-state index < -0.39 is 17.7 Å². The third-order valence-electron chi connectivity index (χ3n) is 5.28. The van der Waals surface area contributed by atoms with Gasteiger partial charge in [0.2, 0.25) is 5.91 Å². The van der Waals surface area contributed by atoms with Gasteiger partial charge in [0.05, 0.1) is 11.5 Å². The van der Waals surface area contributed by atoms with Crippen molar-refractivity contribution in [3.05, 3.63) is 88.0 Å². The van der Waals surface area contributed by atoms with Crippen molar-refractivity contribution < 1.29 is 18.8 Å². The average Bonchev–Trinajstić information content (AvgIpc) is 3.25. The molecule has 3 amide bonds. The van der Waals surface area contributed by atoms with Gasteiger partial charge in [-0.3, -0.25) is 14.4 Å². The van der Waals surface area contributed by atoms with Crippen LogP contribution in [0, 0.1) is 11.7 Å². The van der Waals surface area contributed by atoms with Crippen LogP contribution in [0.4, 0.5) is 9.39 Å². The summed E-state index contributed by atoms with van der Waals surface area (Å²) in [7, 11) is 0. The molecule has 3 aromatic rings. The van der Waals surface area contributed by atoms with E-state index in [1.165, 1.54) is 23.5 Å². The standard InChI is InChI=1S/C25H26FN3O3S/c1-15(2)17-5-7-18(8-6-17)23(31)29-25-21(11-12-33-25)24(32)28-14-19(22(27)30)13-16-3-9-20(26)10-4-16/h3-12,15,19H,13-14H2,1-2H3,(H2,27,30)(H,28,32)(H,29,31). The highest BCUT2D eigenvalue weighted by Gasteiger charge is 2.20. The average molecular weight is 468 g/mol. The Balaban J connectivity index is 1.62. The van der Waals surface area contributed by atoms with Gasteiger partial charge in [-0.2, -0.15) is 0 Å². The number of nitrogens with two attached hydrogens (primary N) is 1. The third kappa shape index (κ3) is 6.49. The van der Waals surface area contributed by atoms with E-state index in [0.717, 1.165) is 11.1 Å². The van der Waals surface area contributed by atoms with Gasteiger partial charge in [0.25, 0.3) is 11.8 Å². The molecular weight excluding hydrogens is 441 g/mol. The summed E-state index contributed by atoms with van der Waals surface area (Å²) in [5.74, 6) is -1.97. The van der Waals surface area contributed by atoms with Gasteiger partial charge in [-0.25, -0.2) is 4.39 Å². The topological polar surface area (TPSA) is 101 Å². The van der Waals surface area contributed by atoms with E-state index >= 15 is 0 Å².